The number of pyridine rings is 1. The summed E-state index contributed by atoms with van der Waals surface area (Å²) in [4.78, 5) is 4.45. The van der Waals surface area contributed by atoms with E-state index in [1.165, 1.54) is 5.56 Å². The molecule has 0 fully saturated rings. The summed E-state index contributed by atoms with van der Waals surface area (Å²) in [6, 6.07) is 8.02. The number of halogens is 1. The van der Waals surface area contributed by atoms with Gasteiger partial charge in [-0.1, -0.05) is 12.1 Å². The van der Waals surface area contributed by atoms with Crippen LogP contribution in [-0.4, -0.2) is 11.6 Å². The second-order valence-corrected chi connectivity index (χ2v) is 4.16. The molecule has 0 bridgehead atoms. The Morgan fingerprint density at radius 3 is 2.93 bits per heavy atom. The molecular weight excluding hydrogens is 254 g/mol. The molecule has 3 heteroatoms. The molecule has 2 rings (SSSR count). The fraction of sp³-hybridized carbons (Fsp3) is 0.250. The van der Waals surface area contributed by atoms with E-state index >= 15 is 0 Å². The Morgan fingerprint density at radius 1 is 1.40 bits per heavy atom. The van der Waals surface area contributed by atoms with Crippen molar-refractivity contribution < 1.29 is 4.74 Å². The van der Waals surface area contributed by atoms with Crippen molar-refractivity contribution in [2.45, 2.75) is 13.8 Å². The van der Waals surface area contributed by atoms with E-state index in [-0.39, 0.29) is 0 Å². The molecule has 0 spiro atoms. The zero-order chi connectivity index (χ0) is 10.8. The maximum Gasteiger partial charge on any atom is 0.145 e. The first-order valence-corrected chi connectivity index (χ1v) is 5.70. The minimum atomic E-state index is 0.659. The summed E-state index contributed by atoms with van der Waals surface area (Å²) >= 11 is 3.40. The topological polar surface area (TPSA) is 22.1 Å². The summed E-state index contributed by atoms with van der Waals surface area (Å²) in [6.45, 7) is 4.71. The minimum Gasteiger partial charge on any atom is -0.492 e. The molecule has 0 saturated heterocycles. The Morgan fingerprint density at radius 2 is 2.20 bits per heavy atom. The normalized spacial score (nSPS) is 10.6. The number of ether oxygens (including phenoxy) is 1. The summed E-state index contributed by atoms with van der Waals surface area (Å²) < 4.78 is 6.39. The highest BCUT2D eigenvalue weighted by Crippen LogP contribution is 2.28. The minimum absolute atomic E-state index is 0.659. The Labute approximate surface area is 97.4 Å². The van der Waals surface area contributed by atoms with E-state index in [0.29, 0.717) is 6.61 Å². The van der Waals surface area contributed by atoms with E-state index in [2.05, 4.69) is 33.9 Å². The van der Waals surface area contributed by atoms with Crippen molar-refractivity contribution in [3.63, 3.8) is 0 Å². The van der Waals surface area contributed by atoms with Gasteiger partial charge in [0.05, 0.1) is 6.61 Å². The van der Waals surface area contributed by atoms with Crippen LogP contribution in [0.25, 0.3) is 10.9 Å². The molecule has 2 nitrogen and oxygen atoms in total. The fourth-order valence-corrected chi connectivity index (χ4v) is 2.14. The average molecular weight is 266 g/mol. The van der Waals surface area contributed by atoms with Crippen molar-refractivity contribution >= 4 is 26.8 Å². The van der Waals surface area contributed by atoms with Gasteiger partial charge in [-0.15, -0.1) is 0 Å². The molecule has 15 heavy (non-hydrogen) atoms. The monoisotopic (exact) mass is 265 g/mol. The zero-order valence-electron chi connectivity index (χ0n) is 8.75. The predicted octanol–water partition coefficient (Wildman–Crippen LogP) is 3.70. The first kappa shape index (κ1) is 10.4. The van der Waals surface area contributed by atoms with Gasteiger partial charge in [-0.25, -0.2) is 4.98 Å². The van der Waals surface area contributed by atoms with Crippen LogP contribution in [0, 0.1) is 6.92 Å². The molecule has 0 N–H and O–H groups in total. The number of hydrogen-bond acceptors (Lipinski definition) is 2. The smallest absolute Gasteiger partial charge is 0.145 e. The quantitative estimate of drug-likeness (QED) is 0.773. The standard InChI is InChI=1S/C12H12BrNO/c1-3-15-10-6-4-5-9-8(2)7-11(13)14-12(9)10/h4-7H,3H2,1-2H3. The maximum absolute atomic E-state index is 5.55. The number of hydrogen-bond donors (Lipinski definition) is 0. The van der Waals surface area contributed by atoms with Gasteiger partial charge in [-0.05, 0) is 47.5 Å². The van der Waals surface area contributed by atoms with Crippen molar-refractivity contribution in [3.05, 3.63) is 34.4 Å². The van der Waals surface area contributed by atoms with E-state index in [1.807, 2.05) is 25.1 Å². The van der Waals surface area contributed by atoms with Gasteiger partial charge < -0.3 is 4.74 Å². The number of fused-ring (bicyclic) bond motifs is 1. The van der Waals surface area contributed by atoms with Gasteiger partial charge in [0.2, 0.25) is 0 Å². The average Bonchev–Trinajstić information content (AvgIpc) is 2.19. The SMILES string of the molecule is CCOc1cccc2c(C)cc(Br)nc12. The first-order chi connectivity index (χ1) is 7.22. The molecule has 1 aromatic carbocycles. The summed E-state index contributed by atoms with van der Waals surface area (Å²) in [6.07, 6.45) is 0. The molecular formula is C12H12BrNO. The van der Waals surface area contributed by atoms with Crippen LogP contribution in [0.4, 0.5) is 0 Å². The third kappa shape index (κ3) is 1.97. The van der Waals surface area contributed by atoms with Gasteiger partial charge in [0.1, 0.15) is 15.9 Å². The molecule has 2 aromatic rings. The number of rotatable bonds is 2. The molecule has 1 aromatic heterocycles. The lowest BCUT2D eigenvalue weighted by molar-refractivity contribution is 0.343. The van der Waals surface area contributed by atoms with Crippen molar-refractivity contribution in [2.75, 3.05) is 6.61 Å². The van der Waals surface area contributed by atoms with Crippen LogP contribution in [0.15, 0.2) is 28.9 Å². The molecule has 0 atom stereocenters. The second kappa shape index (κ2) is 4.19. The van der Waals surface area contributed by atoms with Crippen LogP contribution in [0.2, 0.25) is 0 Å². The highest BCUT2D eigenvalue weighted by atomic mass is 79.9. The van der Waals surface area contributed by atoms with Crippen LogP contribution in [0.1, 0.15) is 12.5 Å². The van der Waals surface area contributed by atoms with Crippen molar-refractivity contribution in [3.8, 4) is 5.75 Å². The Balaban J connectivity index is 2.73. The lowest BCUT2D eigenvalue weighted by Gasteiger charge is -2.08. The summed E-state index contributed by atoms with van der Waals surface area (Å²) in [5.74, 6) is 0.847. The number of aryl methyl sites for hydroxylation is 1. The van der Waals surface area contributed by atoms with Gasteiger partial charge in [-0.2, -0.15) is 0 Å². The third-order valence-corrected chi connectivity index (χ3v) is 2.68. The molecule has 0 amide bonds. The fourth-order valence-electron chi connectivity index (χ4n) is 1.62. The third-order valence-electron chi connectivity index (χ3n) is 2.28. The van der Waals surface area contributed by atoms with Gasteiger partial charge in [-0.3, -0.25) is 0 Å². The molecule has 0 radical (unpaired) electrons. The molecule has 0 aliphatic carbocycles. The highest BCUT2D eigenvalue weighted by Gasteiger charge is 2.06. The number of benzene rings is 1. The Bertz CT molecular complexity index is 496. The molecule has 78 valence electrons. The molecule has 0 unspecified atom stereocenters. The maximum atomic E-state index is 5.55. The number of aromatic nitrogens is 1. The summed E-state index contributed by atoms with van der Waals surface area (Å²) in [7, 11) is 0. The summed E-state index contributed by atoms with van der Waals surface area (Å²) in [5, 5.41) is 1.14. The Kier molecular flexibility index (Phi) is 2.91. The van der Waals surface area contributed by atoms with Crippen molar-refractivity contribution in [2.24, 2.45) is 0 Å². The van der Waals surface area contributed by atoms with Gasteiger partial charge in [0, 0.05) is 5.39 Å². The van der Waals surface area contributed by atoms with E-state index in [4.69, 9.17) is 4.74 Å². The van der Waals surface area contributed by atoms with Gasteiger partial charge in [0.15, 0.2) is 0 Å². The van der Waals surface area contributed by atoms with Gasteiger partial charge >= 0.3 is 0 Å². The molecule has 0 aliphatic heterocycles. The van der Waals surface area contributed by atoms with Crippen LogP contribution in [0.5, 0.6) is 5.75 Å². The van der Waals surface area contributed by atoms with E-state index in [1.54, 1.807) is 0 Å². The predicted molar refractivity (Wildman–Crippen MR) is 65.3 cm³/mol. The van der Waals surface area contributed by atoms with Crippen molar-refractivity contribution in [1.82, 2.24) is 4.98 Å². The lowest BCUT2D eigenvalue weighted by atomic mass is 10.1. The van der Waals surface area contributed by atoms with E-state index < -0.39 is 0 Å². The number of para-hydroxylation sites is 1. The second-order valence-electron chi connectivity index (χ2n) is 3.35. The van der Waals surface area contributed by atoms with Gasteiger partial charge in [0.25, 0.3) is 0 Å². The van der Waals surface area contributed by atoms with E-state index in [9.17, 15) is 0 Å². The van der Waals surface area contributed by atoms with Crippen LogP contribution < -0.4 is 4.74 Å². The van der Waals surface area contributed by atoms with Crippen LogP contribution in [-0.2, 0) is 0 Å². The Hall–Kier alpha value is -1.09. The summed E-state index contributed by atoms with van der Waals surface area (Å²) in [5.41, 5.74) is 2.12. The zero-order valence-corrected chi connectivity index (χ0v) is 10.3. The largest absolute Gasteiger partial charge is 0.492 e. The molecule has 0 aliphatic rings. The molecule has 0 saturated carbocycles. The highest BCUT2D eigenvalue weighted by molar-refractivity contribution is 9.10. The first-order valence-electron chi connectivity index (χ1n) is 4.91. The van der Waals surface area contributed by atoms with E-state index in [0.717, 1.165) is 21.3 Å². The van der Waals surface area contributed by atoms with Crippen LogP contribution in [0.3, 0.4) is 0 Å². The molecule has 1 heterocycles. The number of nitrogens with zero attached hydrogens (tertiary/aromatic N) is 1. The van der Waals surface area contributed by atoms with Crippen LogP contribution >= 0.6 is 15.9 Å². The van der Waals surface area contributed by atoms with Crippen molar-refractivity contribution in [1.29, 1.82) is 0 Å². The lowest BCUT2D eigenvalue weighted by Crippen LogP contribution is -1.94.